The van der Waals surface area contributed by atoms with Crippen LogP contribution in [0.3, 0.4) is 0 Å². The van der Waals surface area contributed by atoms with Gasteiger partial charge in [0.25, 0.3) is 0 Å². The lowest BCUT2D eigenvalue weighted by atomic mass is 10.2. The van der Waals surface area contributed by atoms with Crippen molar-refractivity contribution in [3.05, 3.63) is 59.1 Å². The van der Waals surface area contributed by atoms with Crippen molar-refractivity contribution < 1.29 is 0 Å². The highest BCUT2D eigenvalue weighted by atomic mass is 35.5. The first-order valence-corrected chi connectivity index (χ1v) is 10.5. The fourth-order valence-electron chi connectivity index (χ4n) is 1.90. The van der Waals surface area contributed by atoms with Crippen LogP contribution in [0.15, 0.2) is 57.8 Å². The largest absolute Gasteiger partial charge is 0.330 e. The van der Waals surface area contributed by atoms with E-state index in [1.165, 1.54) is 10.5 Å². The number of hydrogen-bond donors (Lipinski definition) is 1. The summed E-state index contributed by atoms with van der Waals surface area (Å²) in [5.74, 6) is 2.01. The molecule has 2 aromatic carbocycles. The van der Waals surface area contributed by atoms with Gasteiger partial charge in [-0.2, -0.15) is 0 Å². The summed E-state index contributed by atoms with van der Waals surface area (Å²) in [4.78, 5) is 1.24. The van der Waals surface area contributed by atoms with Crippen LogP contribution in [-0.4, -0.2) is 21.7 Å². The zero-order chi connectivity index (χ0) is 16.8. The number of aryl methyl sites for hydroxylation is 1. The first-order chi connectivity index (χ1) is 11.7. The minimum atomic E-state index is 0.774. The molecule has 124 valence electrons. The standard InChI is InChI=1S/C17H16ClN3S3/c1-12-2-6-14(7-3-12)19-16-20-21-17(24-16)23-11-10-22-15-8-4-13(18)5-9-15/h2-9H,10-11H2,1H3,(H,19,20). The molecular weight excluding hydrogens is 378 g/mol. The summed E-state index contributed by atoms with van der Waals surface area (Å²) in [5.41, 5.74) is 2.28. The highest BCUT2D eigenvalue weighted by Crippen LogP contribution is 2.29. The Labute approximate surface area is 159 Å². The van der Waals surface area contributed by atoms with E-state index in [1.54, 1.807) is 23.1 Å². The molecule has 0 aliphatic carbocycles. The zero-order valence-electron chi connectivity index (χ0n) is 13.0. The maximum atomic E-state index is 5.89. The van der Waals surface area contributed by atoms with Gasteiger partial charge in [-0.1, -0.05) is 52.4 Å². The second-order valence-corrected chi connectivity index (χ2v) is 8.94. The highest BCUT2D eigenvalue weighted by Gasteiger charge is 2.05. The first kappa shape index (κ1) is 17.6. The van der Waals surface area contributed by atoms with Crippen LogP contribution >= 0.6 is 46.5 Å². The van der Waals surface area contributed by atoms with Crippen LogP contribution in [0.25, 0.3) is 0 Å². The van der Waals surface area contributed by atoms with Crippen molar-refractivity contribution in [2.24, 2.45) is 0 Å². The summed E-state index contributed by atoms with van der Waals surface area (Å²) in [5, 5.41) is 13.3. The van der Waals surface area contributed by atoms with E-state index < -0.39 is 0 Å². The molecular formula is C17H16ClN3S3. The minimum Gasteiger partial charge on any atom is -0.330 e. The lowest BCUT2D eigenvalue weighted by molar-refractivity contribution is 1.01. The molecule has 1 heterocycles. The van der Waals surface area contributed by atoms with Crippen LogP contribution in [0.1, 0.15) is 5.56 Å². The Bertz CT molecular complexity index is 773. The summed E-state index contributed by atoms with van der Waals surface area (Å²) in [6.07, 6.45) is 0. The normalized spacial score (nSPS) is 10.8. The van der Waals surface area contributed by atoms with Crippen LogP contribution in [0, 0.1) is 6.92 Å². The van der Waals surface area contributed by atoms with Gasteiger partial charge in [0.05, 0.1) is 0 Å². The second-order valence-electron chi connectivity index (χ2n) is 5.01. The van der Waals surface area contributed by atoms with E-state index >= 15 is 0 Å². The van der Waals surface area contributed by atoms with E-state index in [2.05, 4.69) is 34.6 Å². The van der Waals surface area contributed by atoms with Crippen LogP contribution < -0.4 is 5.32 Å². The second kappa shape index (κ2) is 8.76. The molecule has 0 aliphatic heterocycles. The molecule has 0 saturated heterocycles. The molecule has 3 aromatic rings. The number of aromatic nitrogens is 2. The number of nitrogens with one attached hydrogen (secondary N) is 1. The predicted molar refractivity (Wildman–Crippen MR) is 107 cm³/mol. The Morgan fingerprint density at radius 2 is 1.67 bits per heavy atom. The Hall–Kier alpha value is -1.21. The number of thioether (sulfide) groups is 2. The molecule has 0 radical (unpaired) electrons. The van der Waals surface area contributed by atoms with E-state index in [1.807, 2.05) is 48.2 Å². The molecule has 24 heavy (non-hydrogen) atoms. The monoisotopic (exact) mass is 393 g/mol. The molecule has 0 spiro atoms. The minimum absolute atomic E-state index is 0.774. The summed E-state index contributed by atoms with van der Waals surface area (Å²) < 4.78 is 0.987. The Balaban J connectivity index is 1.44. The van der Waals surface area contributed by atoms with E-state index in [9.17, 15) is 0 Å². The van der Waals surface area contributed by atoms with Gasteiger partial charge in [-0.25, -0.2) is 0 Å². The summed E-state index contributed by atoms with van der Waals surface area (Å²) >= 11 is 11.0. The topological polar surface area (TPSA) is 37.8 Å². The number of hydrogen-bond acceptors (Lipinski definition) is 6. The van der Waals surface area contributed by atoms with Crippen molar-refractivity contribution in [1.29, 1.82) is 0 Å². The van der Waals surface area contributed by atoms with Gasteiger partial charge in [-0.15, -0.1) is 22.0 Å². The van der Waals surface area contributed by atoms with Crippen LogP contribution in [0.4, 0.5) is 10.8 Å². The Morgan fingerprint density at radius 1 is 0.958 bits per heavy atom. The predicted octanol–water partition coefficient (Wildman–Crippen LogP) is 6.13. The van der Waals surface area contributed by atoms with Crippen molar-refractivity contribution in [3.63, 3.8) is 0 Å². The van der Waals surface area contributed by atoms with E-state index in [-0.39, 0.29) is 0 Å². The molecule has 0 unspecified atom stereocenters. The SMILES string of the molecule is Cc1ccc(Nc2nnc(SCCSc3ccc(Cl)cc3)s2)cc1. The average molecular weight is 394 g/mol. The number of halogens is 1. The molecule has 0 aliphatic rings. The van der Waals surface area contributed by atoms with Crippen LogP contribution in [0.5, 0.6) is 0 Å². The van der Waals surface area contributed by atoms with Crippen molar-refractivity contribution in [2.75, 3.05) is 16.8 Å². The van der Waals surface area contributed by atoms with Gasteiger partial charge < -0.3 is 5.32 Å². The maximum Gasteiger partial charge on any atom is 0.210 e. The van der Waals surface area contributed by atoms with Gasteiger partial charge in [-0.05, 0) is 43.3 Å². The van der Waals surface area contributed by atoms with Gasteiger partial charge in [0, 0.05) is 27.1 Å². The van der Waals surface area contributed by atoms with E-state index in [0.717, 1.165) is 31.7 Å². The average Bonchev–Trinajstić information content (AvgIpc) is 3.03. The number of rotatable bonds is 7. The Kier molecular flexibility index (Phi) is 6.43. The zero-order valence-corrected chi connectivity index (χ0v) is 16.2. The third kappa shape index (κ3) is 5.41. The van der Waals surface area contributed by atoms with E-state index in [0.29, 0.717) is 0 Å². The third-order valence-corrected chi connectivity index (χ3v) is 6.60. The van der Waals surface area contributed by atoms with Crippen molar-refractivity contribution in [3.8, 4) is 0 Å². The molecule has 0 fully saturated rings. The molecule has 0 bridgehead atoms. The fraction of sp³-hybridized carbons (Fsp3) is 0.176. The smallest absolute Gasteiger partial charge is 0.210 e. The molecule has 0 amide bonds. The van der Waals surface area contributed by atoms with Gasteiger partial charge in [0.15, 0.2) is 4.34 Å². The van der Waals surface area contributed by atoms with Crippen LogP contribution in [-0.2, 0) is 0 Å². The summed E-state index contributed by atoms with van der Waals surface area (Å²) in [7, 11) is 0. The van der Waals surface area contributed by atoms with Gasteiger partial charge >= 0.3 is 0 Å². The number of anilines is 2. The quantitative estimate of drug-likeness (QED) is 0.386. The fourth-order valence-corrected chi connectivity index (χ4v) is 4.75. The van der Waals surface area contributed by atoms with Gasteiger partial charge in [-0.3, -0.25) is 0 Å². The summed E-state index contributed by atoms with van der Waals surface area (Å²) in [6, 6.07) is 16.2. The number of benzene rings is 2. The van der Waals surface area contributed by atoms with Crippen molar-refractivity contribution >= 4 is 57.3 Å². The highest BCUT2D eigenvalue weighted by molar-refractivity contribution is 8.03. The Morgan fingerprint density at radius 3 is 2.42 bits per heavy atom. The van der Waals surface area contributed by atoms with Gasteiger partial charge in [0.2, 0.25) is 5.13 Å². The maximum absolute atomic E-state index is 5.89. The lowest BCUT2D eigenvalue weighted by Crippen LogP contribution is -1.88. The van der Waals surface area contributed by atoms with Gasteiger partial charge in [0.1, 0.15) is 0 Å². The van der Waals surface area contributed by atoms with Crippen molar-refractivity contribution in [2.45, 2.75) is 16.2 Å². The molecule has 0 atom stereocenters. The van der Waals surface area contributed by atoms with Crippen molar-refractivity contribution in [1.82, 2.24) is 10.2 Å². The molecule has 1 aromatic heterocycles. The third-order valence-electron chi connectivity index (χ3n) is 3.10. The van der Waals surface area contributed by atoms with E-state index in [4.69, 9.17) is 11.6 Å². The molecule has 3 rings (SSSR count). The molecule has 0 saturated carbocycles. The van der Waals surface area contributed by atoms with Crippen LogP contribution in [0.2, 0.25) is 5.02 Å². The molecule has 7 heteroatoms. The molecule has 3 nitrogen and oxygen atoms in total. The first-order valence-electron chi connectivity index (χ1n) is 7.37. The molecule has 1 N–H and O–H groups in total. The summed E-state index contributed by atoms with van der Waals surface area (Å²) in [6.45, 7) is 2.07. The number of nitrogens with zero attached hydrogens (tertiary/aromatic N) is 2. The lowest BCUT2D eigenvalue weighted by Gasteiger charge is -2.01.